The number of nitriles is 1. The van der Waals surface area contributed by atoms with Crippen LogP contribution in [-0.4, -0.2) is 5.91 Å². The number of primary amides is 1. The SMILES string of the molecule is N#Cc1ccc(Oc2c(F)cc(C(F)(F)F)cc2Cl)cc1C(N)=O. The number of alkyl halides is 3. The second-order valence-corrected chi connectivity index (χ2v) is 4.96. The van der Waals surface area contributed by atoms with Crippen molar-refractivity contribution in [3.8, 4) is 17.6 Å². The van der Waals surface area contributed by atoms with Crippen molar-refractivity contribution in [2.75, 3.05) is 0 Å². The van der Waals surface area contributed by atoms with Gasteiger partial charge in [0, 0.05) is 0 Å². The highest BCUT2D eigenvalue weighted by atomic mass is 35.5. The summed E-state index contributed by atoms with van der Waals surface area (Å²) >= 11 is 5.64. The van der Waals surface area contributed by atoms with Gasteiger partial charge < -0.3 is 10.5 Å². The Bertz CT molecular complexity index is 837. The molecule has 0 aliphatic rings. The van der Waals surface area contributed by atoms with Crippen LogP contribution in [0.3, 0.4) is 0 Å². The maximum absolute atomic E-state index is 13.9. The molecule has 4 nitrogen and oxygen atoms in total. The molecule has 0 saturated carbocycles. The van der Waals surface area contributed by atoms with Crippen LogP contribution < -0.4 is 10.5 Å². The Labute approximate surface area is 138 Å². The molecule has 0 unspecified atom stereocenters. The lowest BCUT2D eigenvalue weighted by atomic mass is 10.1. The molecule has 2 aromatic rings. The van der Waals surface area contributed by atoms with Crippen molar-refractivity contribution in [2.24, 2.45) is 5.73 Å². The molecule has 2 aromatic carbocycles. The van der Waals surface area contributed by atoms with Gasteiger partial charge in [0.05, 0.1) is 27.8 Å². The van der Waals surface area contributed by atoms with Crippen molar-refractivity contribution in [3.63, 3.8) is 0 Å². The van der Waals surface area contributed by atoms with E-state index in [9.17, 15) is 22.4 Å². The molecule has 1 amide bonds. The highest BCUT2D eigenvalue weighted by Gasteiger charge is 2.32. The molecule has 0 aromatic heterocycles. The molecule has 0 radical (unpaired) electrons. The van der Waals surface area contributed by atoms with Gasteiger partial charge in [-0.2, -0.15) is 18.4 Å². The lowest BCUT2D eigenvalue weighted by Gasteiger charge is -2.13. The van der Waals surface area contributed by atoms with Crippen LogP contribution in [0.1, 0.15) is 21.5 Å². The van der Waals surface area contributed by atoms with Crippen LogP contribution in [0.25, 0.3) is 0 Å². The molecule has 0 aliphatic carbocycles. The number of carbonyl (C=O) groups excluding carboxylic acids is 1. The Morgan fingerprint density at radius 3 is 2.42 bits per heavy atom. The molecule has 2 rings (SSSR count). The van der Waals surface area contributed by atoms with Crippen molar-refractivity contribution in [1.29, 1.82) is 5.26 Å². The lowest BCUT2D eigenvalue weighted by molar-refractivity contribution is -0.137. The van der Waals surface area contributed by atoms with E-state index in [1.54, 1.807) is 6.07 Å². The molecule has 0 aliphatic heterocycles. The van der Waals surface area contributed by atoms with Gasteiger partial charge in [-0.25, -0.2) is 4.39 Å². The number of benzene rings is 2. The fourth-order valence-corrected chi connectivity index (χ4v) is 2.07. The van der Waals surface area contributed by atoms with Crippen molar-refractivity contribution in [1.82, 2.24) is 0 Å². The summed E-state index contributed by atoms with van der Waals surface area (Å²) in [6.07, 6.45) is -4.77. The van der Waals surface area contributed by atoms with E-state index >= 15 is 0 Å². The maximum atomic E-state index is 13.9. The van der Waals surface area contributed by atoms with Crippen LogP contribution in [0, 0.1) is 17.1 Å². The number of amides is 1. The van der Waals surface area contributed by atoms with E-state index in [-0.39, 0.29) is 22.9 Å². The Hall–Kier alpha value is -2.79. The van der Waals surface area contributed by atoms with Crippen LogP contribution in [0.15, 0.2) is 30.3 Å². The molecule has 24 heavy (non-hydrogen) atoms. The zero-order valence-electron chi connectivity index (χ0n) is 11.6. The minimum Gasteiger partial charge on any atom is -0.453 e. The highest BCUT2D eigenvalue weighted by molar-refractivity contribution is 6.32. The lowest BCUT2D eigenvalue weighted by Crippen LogP contribution is -2.13. The van der Waals surface area contributed by atoms with Gasteiger partial charge in [-0.1, -0.05) is 11.6 Å². The summed E-state index contributed by atoms with van der Waals surface area (Å²) in [5, 5.41) is 8.25. The van der Waals surface area contributed by atoms with Crippen molar-refractivity contribution >= 4 is 17.5 Å². The summed E-state index contributed by atoms with van der Waals surface area (Å²) in [4.78, 5) is 11.3. The average Bonchev–Trinajstić information content (AvgIpc) is 2.49. The first-order valence-electron chi connectivity index (χ1n) is 6.21. The molecule has 0 heterocycles. The van der Waals surface area contributed by atoms with Gasteiger partial charge in [-0.15, -0.1) is 0 Å². The number of halogens is 5. The van der Waals surface area contributed by atoms with Gasteiger partial charge in [-0.05, 0) is 30.3 Å². The van der Waals surface area contributed by atoms with Crippen LogP contribution in [0.2, 0.25) is 5.02 Å². The minimum atomic E-state index is -4.77. The van der Waals surface area contributed by atoms with Crippen LogP contribution in [0.5, 0.6) is 11.5 Å². The predicted molar refractivity (Wildman–Crippen MR) is 76.2 cm³/mol. The monoisotopic (exact) mass is 358 g/mol. The molecule has 0 bridgehead atoms. The average molecular weight is 359 g/mol. The second kappa shape index (κ2) is 6.37. The fraction of sp³-hybridized carbons (Fsp3) is 0.0667. The summed E-state index contributed by atoms with van der Waals surface area (Å²) in [5.74, 6) is -3.02. The van der Waals surface area contributed by atoms with E-state index in [0.29, 0.717) is 6.07 Å². The quantitative estimate of drug-likeness (QED) is 0.833. The van der Waals surface area contributed by atoms with Gasteiger partial charge in [0.2, 0.25) is 5.91 Å². The normalized spacial score (nSPS) is 11.0. The number of ether oxygens (including phenoxy) is 1. The number of rotatable bonds is 3. The topological polar surface area (TPSA) is 76.1 Å². The first kappa shape index (κ1) is 17.6. The van der Waals surface area contributed by atoms with Crippen LogP contribution >= 0.6 is 11.6 Å². The molecule has 0 fully saturated rings. The molecule has 0 saturated heterocycles. The highest BCUT2D eigenvalue weighted by Crippen LogP contribution is 2.38. The van der Waals surface area contributed by atoms with Gasteiger partial charge in [-0.3, -0.25) is 4.79 Å². The van der Waals surface area contributed by atoms with Crippen molar-refractivity contribution in [2.45, 2.75) is 6.18 Å². The predicted octanol–water partition coefficient (Wildman–Crippen LogP) is 4.26. The van der Waals surface area contributed by atoms with Gasteiger partial charge in [0.15, 0.2) is 11.6 Å². The standard InChI is InChI=1S/C15H7ClF4N2O2/c16-11-3-8(15(18,19)20)4-12(17)13(11)24-9-2-1-7(6-21)10(5-9)14(22)23/h1-5H,(H2,22,23). The number of nitrogens with zero attached hydrogens (tertiary/aromatic N) is 1. The van der Waals surface area contributed by atoms with Gasteiger partial charge in [0.25, 0.3) is 0 Å². The van der Waals surface area contributed by atoms with Crippen LogP contribution in [-0.2, 0) is 6.18 Å². The first-order valence-corrected chi connectivity index (χ1v) is 6.59. The smallest absolute Gasteiger partial charge is 0.416 e. The number of nitrogens with two attached hydrogens (primary N) is 1. The number of carbonyl (C=O) groups is 1. The molecule has 124 valence electrons. The summed E-state index contributed by atoms with van der Waals surface area (Å²) in [7, 11) is 0. The van der Waals surface area contributed by atoms with E-state index in [1.807, 2.05) is 0 Å². The molecule has 9 heteroatoms. The van der Waals surface area contributed by atoms with Crippen molar-refractivity contribution in [3.05, 3.63) is 57.9 Å². The van der Waals surface area contributed by atoms with E-state index in [1.165, 1.54) is 12.1 Å². The van der Waals surface area contributed by atoms with E-state index in [2.05, 4.69) is 0 Å². The maximum Gasteiger partial charge on any atom is 0.416 e. The Morgan fingerprint density at radius 2 is 1.92 bits per heavy atom. The summed E-state index contributed by atoms with van der Waals surface area (Å²) in [6.45, 7) is 0. The Morgan fingerprint density at radius 1 is 1.25 bits per heavy atom. The number of hydrogen-bond acceptors (Lipinski definition) is 3. The summed E-state index contributed by atoms with van der Waals surface area (Å²) in [6, 6.07) is 5.97. The molecule has 0 atom stereocenters. The molecular weight excluding hydrogens is 352 g/mol. The zero-order valence-corrected chi connectivity index (χ0v) is 12.4. The largest absolute Gasteiger partial charge is 0.453 e. The van der Waals surface area contributed by atoms with Gasteiger partial charge >= 0.3 is 6.18 Å². The summed E-state index contributed by atoms with van der Waals surface area (Å²) < 4.78 is 56.7. The first-order chi connectivity index (χ1) is 11.1. The van der Waals surface area contributed by atoms with Crippen LogP contribution in [0.4, 0.5) is 17.6 Å². The van der Waals surface area contributed by atoms with Gasteiger partial charge in [0.1, 0.15) is 5.75 Å². The molecular formula is C15H7ClF4N2O2. The van der Waals surface area contributed by atoms with E-state index < -0.39 is 34.2 Å². The molecule has 0 spiro atoms. The van der Waals surface area contributed by atoms with E-state index in [0.717, 1.165) is 6.07 Å². The fourth-order valence-electron chi connectivity index (χ4n) is 1.83. The minimum absolute atomic E-state index is 0.0335. The zero-order chi connectivity index (χ0) is 18.1. The third kappa shape index (κ3) is 3.58. The van der Waals surface area contributed by atoms with E-state index in [4.69, 9.17) is 27.3 Å². The summed E-state index contributed by atoms with van der Waals surface area (Å²) in [5.41, 5.74) is 3.63. The second-order valence-electron chi connectivity index (χ2n) is 4.55. The Balaban J connectivity index is 2.44. The number of hydrogen-bond donors (Lipinski definition) is 1. The third-order valence-electron chi connectivity index (χ3n) is 2.92. The molecule has 2 N–H and O–H groups in total. The third-order valence-corrected chi connectivity index (χ3v) is 3.20. The van der Waals surface area contributed by atoms with Crippen molar-refractivity contribution < 1.29 is 27.1 Å². The Kier molecular flexibility index (Phi) is 4.66.